The summed E-state index contributed by atoms with van der Waals surface area (Å²) in [5.41, 5.74) is 26.3. The smallest absolute Gasteiger partial charge is 0.247 e. The van der Waals surface area contributed by atoms with E-state index in [0.29, 0.717) is 0 Å². The second kappa shape index (κ2) is 21.7. The Morgan fingerprint density at radius 3 is 1.49 bits per heavy atom. The zero-order chi connectivity index (χ0) is 60.6. The number of hydrogen-bond donors (Lipinski definition) is 0. The van der Waals surface area contributed by atoms with Gasteiger partial charge in [-0.25, -0.2) is 0 Å². The van der Waals surface area contributed by atoms with Crippen LogP contribution in [0.5, 0.6) is 0 Å². The van der Waals surface area contributed by atoms with Crippen molar-refractivity contribution in [3.05, 3.63) is 338 Å². The van der Waals surface area contributed by atoms with Gasteiger partial charge in [0.15, 0.2) is 0 Å². The topological polar surface area (TPSA) is 11.4 Å². The second-order valence-corrected chi connectivity index (χ2v) is 25.8. The van der Waals surface area contributed by atoms with Crippen LogP contribution in [-0.4, -0.2) is 11.3 Å². The van der Waals surface area contributed by atoms with Crippen molar-refractivity contribution in [3.8, 4) is 39.1 Å². The molecule has 4 heteroatoms. The highest BCUT2D eigenvalue weighted by atomic mass is 15.2. The first-order chi connectivity index (χ1) is 42.7. The summed E-state index contributed by atoms with van der Waals surface area (Å²) in [5.74, 6) is 0. The third-order valence-corrected chi connectivity index (χ3v) is 18.5. The average Bonchev–Trinajstić information content (AvgIpc) is 0.744. The molecule has 0 atom stereocenters. The van der Waals surface area contributed by atoms with Gasteiger partial charge in [0, 0.05) is 56.0 Å². The highest BCUT2D eigenvalue weighted by Gasteiger charge is 2.52. The predicted octanol–water partition coefficient (Wildman–Crippen LogP) is 20.0. The molecule has 0 aliphatic carbocycles. The van der Waals surface area contributed by atoms with Crippen molar-refractivity contribution in [3.63, 3.8) is 0 Å². The Balaban J connectivity index is 1.17. The summed E-state index contributed by atoms with van der Waals surface area (Å²) in [7, 11) is 0. The zero-order valence-electron chi connectivity index (χ0n) is 51.5. The minimum Gasteiger partial charge on any atom is -0.312 e. The van der Waals surface area contributed by atoms with Crippen LogP contribution in [0.1, 0.15) is 81.8 Å². The van der Waals surface area contributed by atoms with Crippen LogP contribution in [0.2, 0.25) is 0 Å². The van der Waals surface area contributed by atoms with Crippen molar-refractivity contribution >= 4 is 67.7 Å². The summed E-state index contributed by atoms with van der Waals surface area (Å²) < 4.78 is 2.54. The maximum Gasteiger partial charge on any atom is 0.247 e. The molecule has 11 aromatic carbocycles. The maximum absolute atomic E-state index is 4.64. The first kappa shape index (κ1) is 55.7. The highest BCUT2D eigenvalue weighted by Crippen LogP contribution is 2.54. The molecule has 0 fully saturated rings. The first-order valence-corrected chi connectivity index (χ1v) is 30.9. The van der Waals surface area contributed by atoms with Crippen LogP contribution in [-0.2, 0) is 16.2 Å². The molecule has 0 amide bonds. The van der Waals surface area contributed by atoms with E-state index in [1.807, 2.05) is 25.2 Å². The molecule has 2 aliphatic heterocycles. The number of nitrogens with zero attached hydrogens (tertiary/aromatic N) is 3. The van der Waals surface area contributed by atoms with Gasteiger partial charge in [-0.2, -0.15) is 0 Å². The number of allylic oxidation sites excluding steroid dienone is 3. The zero-order valence-corrected chi connectivity index (χ0v) is 51.5. The lowest BCUT2D eigenvalue weighted by Gasteiger charge is -2.49. The third-order valence-electron chi connectivity index (χ3n) is 18.5. The molecule has 88 heavy (non-hydrogen) atoms. The minimum atomic E-state index is -0.843. The molecule has 1 aromatic heterocycles. The normalized spacial score (nSPS) is 13.3. The van der Waals surface area contributed by atoms with Gasteiger partial charge in [0.2, 0.25) is 6.71 Å². The summed E-state index contributed by atoms with van der Waals surface area (Å²) in [6.45, 7) is 29.2. The molecule has 426 valence electrons. The van der Waals surface area contributed by atoms with Gasteiger partial charge in [0.25, 0.3) is 0 Å². The molecule has 0 saturated carbocycles. The van der Waals surface area contributed by atoms with Crippen molar-refractivity contribution in [2.75, 3.05) is 9.80 Å². The van der Waals surface area contributed by atoms with Crippen molar-refractivity contribution in [1.29, 1.82) is 0 Å². The standard InChI is InChI=1S/C84H72BN3/c1-11-29-57(4)86(56(3)12-2)67-45-47-75-78(55-67)88(81-68(59-32-20-14-21-33-59)40-28-41-69(81)60-34-22-15-23-35-60)79-51-61(58-30-18-13-19-31-58)50-73-80(79)85(75)74-46-44-66(54-72(74)84(73,62-36-24-16-25-37-62)63-38-26-17-27-39-63)87-76-48-42-64(82(5,6)7)52-70(76)71-53-65(83(8,9)10)43-49-77(71)87/h11-55H,2-4H2,1,5-10H3/b29-11-. The van der Waals surface area contributed by atoms with E-state index in [0.717, 1.165) is 73.2 Å². The van der Waals surface area contributed by atoms with E-state index in [1.165, 1.54) is 71.6 Å². The summed E-state index contributed by atoms with van der Waals surface area (Å²) in [6.07, 6.45) is 5.90. The van der Waals surface area contributed by atoms with Crippen LogP contribution in [0.4, 0.5) is 22.7 Å². The van der Waals surface area contributed by atoms with E-state index in [9.17, 15) is 0 Å². The number of fused-ring (bicyclic) bond motifs is 7. The van der Waals surface area contributed by atoms with Crippen LogP contribution >= 0.6 is 0 Å². The SMILES string of the molecule is C=CC(=C)N(C(=C)/C=C\C)c1ccc2c(c1)N(c1c(-c3ccccc3)cccc1-c1ccccc1)c1cc(-c3ccccc3)cc3c1B2c1ccc(-n2c4ccc(C(C)(C)C)cc4c4cc(C(C)(C)C)ccc42)cc1C3(c1ccccc1)c1ccccc1. The number of anilines is 4. The Hall–Kier alpha value is -10.2. The number of rotatable bonds is 12. The van der Waals surface area contributed by atoms with Crippen LogP contribution in [0, 0.1) is 0 Å². The average molecular weight is 1130 g/mol. The van der Waals surface area contributed by atoms with Gasteiger partial charge < -0.3 is 14.4 Å². The minimum absolute atomic E-state index is 0.0380. The molecule has 0 bridgehead atoms. The number of aromatic nitrogens is 1. The molecule has 0 unspecified atom stereocenters. The third kappa shape index (κ3) is 9.04. The van der Waals surface area contributed by atoms with E-state index in [-0.39, 0.29) is 17.5 Å². The molecule has 3 nitrogen and oxygen atoms in total. The summed E-state index contributed by atoms with van der Waals surface area (Å²) in [5, 5.41) is 2.53. The van der Waals surface area contributed by atoms with Gasteiger partial charge in [-0.1, -0.05) is 267 Å². The fourth-order valence-electron chi connectivity index (χ4n) is 14.4. The monoisotopic (exact) mass is 1130 g/mol. The first-order valence-electron chi connectivity index (χ1n) is 30.9. The number of para-hydroxylation sites is 1. The van der Waals surface area contributed by atoms with E-state index in [1.54, 1.807) is 0 Å². The Morgan fingerprint density at radius 2 is 0.977 bits per heavy atom. The van der Waals surface area contributed by atoms with Crippen molar-refractivity contribution in [1.82, 2.24) is 4.57 Å². The van der Waals surface area contributed by atoms with Crippen LogP contribution in [0.15, 0.2) is 304 Å². The van der Waals surface area contributed by atoms with Gasteiger partial charge in [-0.3, -0.25) is 0 Å². The molecular formula is C84H72BN3. The number of benzene rings is 11. The molecule has 3 heterocycles. The van der Waals surface area contributed by atoms with Crippen LogP contribution < -0.4 is 26.2 Å². The summed E-state index contributed by atoms with van der Waals surface area (Å²) in [6, 6.07) is 96.2. The van der Waals surface area contributed by atoms with E-state index < -0.39 is 5.41 Å². The van der Waals surface area contributed by atoms with Gasteiger partial charge in [0.05, 0.1) is 22.1 Å². The van der Waals surface area contributed by atoms with Gasteiger partial charge in [0.1, 0.15) is 0 Å². The molecule has 2 aliphatic rings. The Kier molecular flexibility index (Phi) is 13.7. The fraction of sp³-hybridized carbons (Fsp3) is 0.119. The van der Waals surface area contributed by atoms with Crippen LogP contribution in [0.3, 0.4) is 0 Å². The highest BCUT2D eigenvalue weighted by molar-refractivity contribution is 6.99. The Bertz CT molecular complexity index is 4580. The number of hydrogen-bond acceptors (Lipinski definition) is 2. The van der Waals surface area contributed by atoms with Crippen LogP contribution in [0.25, 0.3) is 60.9 Å². The van der Waals surface area contributed by atoms with E-state index in [2.05, 4.69) is 330 Å². The lowest BCUT2D eigenvalue weighted by Crippen LogP contribution is -2.65. The Labute approximate surface area is 520 Å². The van der Waals surface area contributed by atoms with Gasteiger partial charge in [-0.05, 0) is 157 Å². The Morgan fingerprint density at radius 1 is 0.466 bits per heavy atom. The van der Waals surface area contributed by atoms with Gasteiger partial charge in [-0.15, -0.1) is 0 Å². The lowest BCUT2D eigenvalue weighted by molar-refractivity contribution is 0.590. The van der Waals surface area contributed by atoms with Crippen molar-refractivity contribution < 1.29 is 0 Å². The maximum atomic E-state index is 4.64. The molecular weight excluding hydrogens is 1060 g/mol. The second-order valence-electron chi connectivity index (χ2n) is 25.8. The van der Waals surface area contributed by atoms with E-state index >= 15 is 0 Å². The predicted molar refractivity (Wildman–Crippen MR) is 378 cm³/mol. The largest absolute Gasteiger partial charge is 0.312 e. The summed E-state index contributed by atoms with van der Waals surface area (Å²) >= 11 is 0. The molecule has 0 N–H and O–H groups in total. The molecule has 14 rings (SSSR count). The quantitative estimate of drug-likeness (QED) is 0.0892. The summed E-state index contributed by atoms with van der Waals surface area (Å²) in [4.78, 5) is 4.75. The molecule has 0 spiro atoms. The lowest BCUT2D eigenvalue weighted by atomic mass is 9.29. The molecule has 12 aromatic rings. The fourth-order valence-corrected chi connectivity index (χ4v) is 14.4. The van der Waals surface area contributed by atoms with Gasteiger partial charge >= 0.3 is 0 Å². The van der Waals surface area contributed by atoms with Crippen molar-refractivity contribution in [2.24, 2.45) is 0 Å². The van der Waals surface area contributed by atoms with E-state index in [4.69, 9.17) is 0 Å². The molecule has 0 radical (unpaired) electrons. The molecule has 0 saturated heterocycles. The van der Waals surface area contributed by atoms with Crippen molar-refractivity contribution in [2.45, 2.75) is 64.7 Å².